The zero-order valence-electron chi connectivity index (χ0n) is 17.0. The molecule has 1 amide bonds. The summed E-state index contributed by atoms with van der Waals surface area (Å²) < 4.78 is 76.3. The maximum atomic E-state index is 13.4. The number of sulfone groups is 1. The van der Waals surface area contributed by atoms with E-state index in [2.05, 4.69) is 10.3 Å². The first-order valence-electron chi connectivity index (χ1n) is 9.28. The number of nitrogens with zero attached hydrogens (tertiary/aromatic N) is 1. The molecule has 0 aliphatic carbocycles. The van der Waals surface area contributed by atoms with Crippen LogP contribution in [0.2, 0.25) is 0 Å². The summed E-state index contributed by atoms with van der Waals surface area (Å²) in [5.74, 6) is -1.30. The number of halogens is 4. The van der Waals surface area contributed by atoms with Gasteiger partial charge in [-0.15, -0.1) is 0 Å². The van der Waals surface area contributed by atoms with Crippen molar-refractivity contribution in [3.63, 3.8) is 0 Å². The number of aryl methyl sites for hydroxylation is 1. The fourth-order valence-corrected chi connectivity index (χ4v) is 3.76. The topological polar surface area (TPSA) is 76.1 Å². The molecule has 1 aromatic heterocycles. The van der Waals surface area contributed by atoms with E-state index < -0.39 is 33.3 Å². The third-order valence-corrected chi connectivity index (χ3v) is 5.78. The lowest BCUT2D eigenvalue weighted by atomic mass is 9.98. The molecular formula is C22H18F4N2O3S. The van der Waals surface area contributed by atoms with Gasteiger partial charge in [-0.2, -0.15) is 13.2 Å². The highest BCUT2D eigenvalue weighted by atomic mass is 32.2. The molecule has 168 valence electrons. The van der Waals surface area contributed by atoms with Crippen molar-refractivity contribution in [1.82, 2.24) is 4.98 Å². The monoisotopic (exact) mass is 466 g/mol. The Labute approximate surface area is 182 Å². The average molecular weight is 466 g/mol. The van der Waals surface area contributed by atoms with Gasteiger partial charge in [0.15, 0.2) is 9.84 Å². The first kappa shape index (κ1) is 23.4. The zero-order valence-corrected chi connectivity index (χ0v) is 17.8. The van der Waals surface area contributed by atoms with Gasteiger partial charge in [0.25, 0.3) is 0 Å². The van der Waals surface area contributed by atoms with E-state index in [1.165, 1.54) is 43.3 Å². The van der Waals surface area contributed by atoms with Crippen LogP contribution >= 0.6 is 0 Å². The standard InChI is InChI=1S/C22H18F4N2O3S/c1-13-17(18-8-5-15(23)12-19(18)22(24,25)26)9-10-20(27-13)28-21(29)11-14-3-6-16(7-4-14)32(2,30)31/h3-10,12H,11H2,1-2H3,(H,27,28,29). The van der Waals surface area contributed by atoms with E-state index in [9.17, 15) is 30.8 Å². The number of aromatic nitrogens is 1. The number of hydrogen-bond acceptors (Lipinski definition) is 4. The van der Waals surface area contributed by atoms with Crippen LogP contribution in [0.25, 0.3) is 11.1 Å². The Hall–Kier alpha value is -3.27. The van der Waals surface area contributed by atoms with Crippen LogP contribution in [0.3, 0.4) is 0 Å². The number of carbonyl (C=O) groups is 1. The molecule has 0 fully saturated rings. The number of pyridine rings is 1. The van der Waals surface area contributed by atoms with Gasteiger partial charge in [0.05, 0.1) is 16.9 Å². The molecule has 10 heteroatoms. The number of nitrogens with one attached hydrogen (secondary N) is 1. The molecule has 0 bridgehead atoms. The predicted molar refractivity (Wildman–Crippen MR) is 111 cm³/mol. The summed E-state index contributed by atoms with van der Waals surface area (Å²) in [6.45, 7) is 1.48. The van der Waals surface area contributed by atoms with Crippen molar-refractivity contribution < 1.29 is 30.8 Å². The maximum absolute atomic E-state index is 13.4. The molecule has 0 saturated heterocycles. The Bertz CT molecular complexity index is 1270. The minimum atomic E-state index is -4.75. The summed E-state index contributed by atoms with van der Waals surface area (Å²) in [7, 11) is -3.34. The van der Waals surface area contributed by atoms with Crippen LogP contribution in [0.4, 0.5) is 23.4 Å². The Morgan fingerprint density at radius 1 is 1.00 bits per heavy atom. The Kier molecular flexibility index (Phi) is 6.36. The summed E-state index contributed by atoms with van der Waals surface area (Å²) in [5, 5.41) is 2.56. The molecule has 32 heavy (non-hydrogen) atoms. The number of amides is 1. The largest absolute Gasteiger partial charge is 0.417 e. The minimum absolute atomic E-state index is 0.0529. The van der Waals surface area contributed by atoms with Crippen LogP contribution in [0, 0.1) is 12.7 Å². The fourth-order valence-electron chi connectivity index (χ4n) is 3.13. The van der Waals surface area contributed by atoms with E-state index in [0.717, 1.165) is 18.4 Å². The van der Waals surface area contributed by atoms with Gasteiger partial charge in [0, 0.05) is 17.5 Å². The van der Waals surface area contributed by atoms with E-state index in [0.29, 0.717) is 11.6 Å². The molecule has 0 aliphatic rings. The first-order valence-corrected chi connectivity index (χ1v) is 11.2. The lowest BCUT2D eigenvalue weighted by Crippen LogP contribution is -2.16. The Morgan fingerprint density at radius 3 is 2.19 bits per heavy atom. The minimum Gasteiger partial charge on any atom is -0.310 e. The van der Waals surface area contributed by atoms with Gasteiger partial charge in [-0.05, 0) is 54.4 Å². The molecular weight excluding hydrogens is 448 g/mol. The fraction of sp³-hybridized carbons (Fsp3) is 0.182. The van der Waals surface area contributed by atoms with E-state index in [1.54, 1.807) is 0 Å². The van der Waals surface area contributed by atoms with E-state index in [4.69, 9.17) is 0 Å². The predicted octanol–water partition coefficient (Wildman–Crippen LogP) is 4.80. The second-order valence-corrected chi connectivity index (χ2v) is 9.17. The highest BCUT2D eigenvalue weighted by molar-refractivity contribution is 7.90. The van der Waals surface area contributed by atoms with Gasteiger partial charge in [-0.3, -0.25) is 4.79 Å². The molecule has 2 aromatic carbocycles. The average Bonchev–Trinajstić information content (AvgIpc) is 2.67. The van der Waals surface area contributed by atoms with Crippen molar-refractivity contribution in [2.75, 3.05) is 11.6 Å². The van der Waals surface area contributed by atoms with Crippen LogP contribution in [0.15, 0.2) is 59.5 Å². The second-order valence-electron chi connectivity index (χ2n) is 7.16. The van der Waals surface area contributed by atoms with Crippen molar-refractivity contribution >= 4 is 21.6 Å². The van der Waals surface area contributed by atoms with Gasteiger partial charge in [-0.25, -0.2) is 17.8 Å². The van der Waals surface area contributed by atoms with Gasteiger partial charge in [0.2, 0.25) is 5.91 Å². The van der Waals surface area contributed by atoms with Gasteiger partial charge >= 0.3 is 6.18 Å². The van der Waals surface area contributed by atoms with Crippen molar-refractivity contribution in [1.29, 1.82) is 0 Å². The summed E-state index contributed by atoms with van der Waals surface area (Å²) in [6.07, 6.45) is -3.72. The summed E-state index contributed by atoms with van der Waals surface area (Å²) >= 11 is 0. The van der Waals surface area contributed by atoms with Gasteiger partial charge < -0.3 is 5.32 Å². The molecule has 1 N–H and O–H groups in total. The number of rotatable bonds is 5. The van der Waals surface area contributed by atoms with Crippen molar-refractivity contribution in [2.45, 2.75) is 24.4 Å². The number of benzene rings is 2. The Morgan fingerprint density at radius 2 is 1.62 bits per heavy atom. The van der Waals surface area contributed by atoms with Crippen molar-refractivity contribution in [3.05, 3.63) is 77.2 Å². The zero-order chi connectivity index (χ0) is 23.7. The lowest BCUT2D eigenvalue weighted by molar-refractivity contribution is -0.137. The molecule has 0 spiro atoms. The van der Waals surface area contributed by atoms with Crippen LogP contribution in [0.5, 0.6) is 0 Å². The van der Waals surface area contributed by atoms with Crippen LogP contribution in [-0.4, -0.2) is 25.6 Å². The Balaban J connectivity index is 1.78. The quantitative estimate of drug-likeness (QED) is 0.548. The molecule has 3 aromatic rings. The van der Waals surface area contributed by atoms with Crippen molar-refractivity contribution in [2.24, 2.45) is 0 Å². The number of carbonyl (C=O) groups excluding carboxylic acids is 1. The van der Waals surface area contributed by atoms with E-state index in [1.807, 2.05) is 0 Å². The van der Waals surface area contributed by atoms with Crippen LogP contribution in [-0.2, 0) is 27.2 Å². The van der Waals surface area contributed by atoms with E-state index >= 15 is 0 Å². The number of alkyl halides is 3. The highest BCUT2D eigenvalue weighted by Crippen LogP contribution is 2.38. The molecule has 0 atom stereocenters. The summed E-state index contributed by atoms with van der Waals surface area (Å²) in [6, 6.07) is 11.0. The summed E-state index contributed by atoms with van der Waals surface area (Å²) in [4.78, 5) is 16.6. The third kappa shape index (κ3) is 5.50. The molecule has 5 nitrogen and oxygen atoms in total. The molecule has 0 radical (unpaired) electrons. The normalized spacial score (nSPS) is 11.9. The van der Waals surface area contributed by atoms with Gasteiger partial charge in [0.1, 0.15) is 11.6 Å². The third-order valence-electron chi connectivity index (χ3n) is 4.65. The molecule has 1 heterocycles. The second kappa shape index (κ2) is 8.70. The smallest absolute Gasteiger partial charge is 0.310 e. The number of hydrogen-bond donors (Lipinski definition) is 1. The highest BCUT2D eigenvalue weighted by Gasteiger charge is 2.34. The maximum Gasteiger partial charge on any atom is 0.417 e. The van der Waals surface area contributed by atoms with Gasteiger partial charge in [-0.1, -0.05) is 18.2 Å². The molecule has 3 rings (SSSR count). The van der Waals surface area contributed by atoms with Crippen LogP contribution < -0.4 is 5.32 Å². The number of anilines is 1. The first-order chi connectivity index (χ1) is 14.8. The molecule has 0 unspecified atom stereocenters. The van der Waals surface area contributed by atoms with E-state index in [-0.39, 0.29) is 34.0 Å². The van der Waals surface area contributed by atoms with Crippen LogP contribution in [0.1, 0.15) is 16.8 Å². The molecule has 0 saturated carbocycles. The summed E-state index contributed by atoms with van der Waals surface area (Å²) in [5.41, 5.74) is -0.377. The SMILES string of the molecule is Cc1nc(NC(=O)Cc2ccc(S(C)(=O)=O)cc2)ccc1-c1ccc(F)cc1C(F)(F)F. The van der Waals surface area contributed by atoms with Crippen molar-refractivity contribution in [3.8, 4) is 11.1 Å². The lowest BCUT2D eigenvalue weighted by Gasteiger charge is -2.15. The molecule has 0 aliphatic heterocycles.